The number of amides is 1. The van der Waals surface area contributed by atoms with Crippen molar-refractivity contribution in [2.45, 2.75) is 31.1 Å². The first-order valence-electron chi connectivity index (χ1n) is 9.10. The summed E-state index contributed by atoms with van der Waals surface area (Å²) in [5.41, 5.74) is 2.56. The molecular formula is C18H21N5O3S2. The van der Waals surface area contributed by atoms with E-state index in [0.717, 1.165) is 28.6 Å². The molecule has 148 valence electrons. The van der Waals surface area contributed by atoms with Crippen molar-refractivity contribution in [1.82, 2.24) is 24.6 Å². The zero-order valence-electron chi connectivity index (χ0n) is 15.7. The van der Waals surface area contributed by atoms with E-state index in [9.17, 15) is 13.2 Å². The van der Waals surface area contributed by atoms with E-state index in [1.54, 1.807) is 7.05 Å². The third kappa shape index (κ3) is 3.46. The Balaban J connectivity index is 1.52. The van der Waals surface area contributed by atoms with Gasteiger partial charge in [0.25, 0.3) is 0 Å². The van der Waals surface area contributed by atoms with Crippen LogP contribution in [0.25, 0.3) is 22.1 Å². The maximum absolute atomic E-state index is 12.5. The number of aryl methyl sites for hydroxylation is 1. The fourth-order valence-electron chi connectivity index (χ4n) is 3.58. The zero-order valence-corrected chi connectivity index (χ0v) is 17.3. The minimum Gasteiger partial charge on any atom is -0.341 e. The van der Waals surface area contributed by atoms with E-state index in [2.05, 4.69) is 26.7 Å². The van der Waals surface area contributed by atoms with Gasteiger partial charge >= 0.3 is 0 Å². The number of benzene rings is 1. The van der Waals surface area contributed by atoms with Crippen molar-refractivity contribution in [2.75, 3.05) is 24.3 Å². The molecular weight excluding hydrogens is 398 g/mol. The Bertz CT molecular complexity index is 1160. The predicted molar refractivity (Wildman–Crippen MR) is 109 cm³/mol. The predicted octanol–water partition coefficient (Wildman–Crippen LogP) is 1.74. The number of aromatic nitrogens is 4. The van der Waals surface area contributed by atoms with Crippen LogP contribution < -0.4 is 0 Å². The van der Waals surface area contributed by atoms with Gasteiger partial charge in [-0.05, 0) is 19.4 Å². The number of carbonyl (C=O) groups is 1. The molecule has 0 unspecified atom stereocenters. The molecule has 2 aromatic heterocycles. The van der Waals surface area contributed by atoms with Gasteiger partial charge in [0.05, 0.1) is 22.8 Å². The Morgan fingerprint density at radius 2 is 2.11 bits per heavy atom. The minimum atomic E-state index is -3.02. The number of thioether (sulfide) groups is 1. The van der Waals surface area contributed by atoms with Crippen molar-refractivity contribution >= 4 is 49.6 Å². The average Bonchev–Trinajstić information content (AvgIpc) is 3.21. The largest absolute Gasteiger partial charge is 0.341 e. The van der Waals surface area contributed by atoms with Gasteiger partial charge in [-0.15, -0.1) is 10.2 Å². The van der Waals surface area contributed by atoms with E-state index in [1.165, 1.54) is 16.7 Å². The highest BCUT2D eigenvalue weighted by Gasteiger charge is 2.32. The molecule has 0 N–H and O–H groups in total. The van der Waals surface area contributed by atoms with E-state index in [0.29, 0.717) is 11.6 Å². The monoisotopic (exact) mass is 419 g/mol. The summed E-state index contributed by atoms with van der Waals surface area (Å²) >= 11 is 1.22. The quantitative estimate of drug-likeness (QED) is 0.581. The van der Waals surface area contributed by atoms with Gasteiger partial charge in [-0.3, -0.25) is 4.79 Å². The van der Waals surface area contributed by atoms with Crippen LogP contribution in [0.3, 0.4) is 0 Å². The Kier molecular flexibility index (Phi) is 5.00. The van der Waals surface area contributed by atoms with Gasteiger partial charge in [-0.1, -0.05) is 30.0 Å². The molecule has 0 radical (unpaired) electrons. The molecule has 3 heterocycles. The second-order valence-corrected chi connectivity index (χ2v) is 10.0. The SMILES string of the molecule is CCn1c2ccccc2c2nnc(SCC(=O)N(C)[C@H]3CCS(=O)(=O)C3)nc21. The Hall–Kier alpha value is -2.20. The summed E-state index contributed by atoms with van der Waals surface area (Å²) in [4.78, 5) is 18.6. The number of fused-ring (bicyclic) bond motifs is 3. The van der Waals surface area contributed by atoms with E-state index in [-0.39, 0.29) is 29.2 Å². The fourth-order valence-corrected chi connectivity index (χ4v) is 6.06. The molecule has 3 aromatic rings. The molecule has 1 aromatic carbocycles. The fraction of sp³-hybridized carbons (Fsp3) is 0.444. The molecule has 1 saturated heterocycles. The van der Waals surface area contributed by atoms with Gasteiger partial charge in [0, 0.05) is 25.0 Å². The number of nitrogens with zero attached hydrogens (tertiary/aromatic N) is 5. The van der Waals surface area contributed by atoms with E-state index in [4.69, 9.17) is 0 Å². The van der Waals surface area contributed by atoms with Crippen molar-refractivity contribution in [2.24, 2.45) is 0 Å². The molecule has 28 heavy (non-hydrogen) atoms. The maximum atomic E-state index is 12.5. The van der Waals surface area contributed by atoms with Crippen LogP contribution in [-0.2, 0) is 21.2 Å². The summed E-state index contributed by atoms with van der Waals surface area (Å²) in [5.74, 6) is 0.202. The molecule has 0 saturated carbocycles. The van der Waals surface area contributed by atoms with Crippen LogP contribution in [0.15, 0.2) is 29.4 Å². The van der Waals surface area contributed by atoms with Gasteiger partial charge in [-0.25, -0.2) is 13.4 Å². The summed E-state index contributed by atoms with van der Waals surface area (Å²) < 4.78 is 25.3. The van der Waals surface area contributed by atoms with Gasteiger partial charge in [0.2, 0.25) is 11.1 Å². The first-order chi connectivity index (χ1) is 13.4. The summed E-state index contributed by atoms with van der Waals surface area (Å²) in [6.07, 6.45) is 0.496. The highest BCUT2D eigenvalue weighted by molar-refractivity contribution is 7.99. The van der Waals surface area contributed by atoms with Crippen LogP contribution in [0.4, 0.5) is 0 Å². The lowest BCUT2D eigenvalue weighted by Gasteiger charge is -2.22. The van der Waals surface area contributed by atoms with E-state index in [1.807, 2.05) is 24.3 Å². The van der Waals surface area contributed by atoms with Crippen molar-refractivity contribution < 1.29 is 13.2 Å². The van der Waals surface area contributed by atoms with Gasteiger partial charge < -0.3 is 9.47 Å². The molecule has 1 amide bonds. The van der Waals surface area contributed by atoms with Gasteiger partial charge in [-0.2, -0.15) is 0 Å². The van der Waals surface area contributed by atoms with Gasteiger partial charge in [0.1, 0.15) is 5.52 Å². The zero-order chi connectivity index (χ0) is 19.9. The first kappa shape index (κ1) is 19.1. The Labute approximate surface area is 167 Å². The second kappa shape index (κ2) is 7.32. The van der Waals surface area contributed by atoms with Crippen LogP contribution >= 0.6 is 11.8 Å². The standard InChI is InChI=1S/C18H21N5O3S2/c1-3-23-14-7-5-4-6-13(14)16-17(23)19-18(21-20-16)27-10-15(24)22(2)12-8-9-28(25,26)11-12/h4-7,12H,3,8-11H2,1-2H3/t12-/m0/s1. The lowest BCUT2D eigenvalue weighted by molar-refractivity contribution is -0.128. The molecule has 0 bridgehead atoms. The number of rotatable bonds is 5. The molecule has 1 aliphatic heterocycles. The van der Waals surface area contributed by atoms with Crippen LogP contribution in [0, 0.1) is 0 Å². The molecule has 0 aliphatic carbocycles. The molecule has 0 spiro atoms. The lowest BCUT2D eigenvalue weighted by Crippen LogP contribution is -2.38. The highest BCUT2D eigenvalue weighted by Crippen LogP contribution is 2.27. The first-order valence-corrected chi connectivity index (χ1v) is 11.9. The third-order valence-electron chi connectivity index (χ3n) is 5.15. The van der Waals surface area contributed by atoms with Crippen molar-refractivity contribution in [3.8, 4) is 0 Å². The summed E-state index contributed by atoms with van der Waals surface area (Å²) in [6, 6.07) is 7.73. The van der Waals surface area contributed by atoms with Crippen molar-refractivity contribution in [3.05, 3.63) is 24.3 Å². The van der Waals surface area contributed by atoms with Crippen LogP contribution in [0.5, 0.6) is 0 Å². The maximum Gasteiger partial charge on any atom is 0.233 e. The Morgan fingerprint density at radius 1 is 1.32 bits per heavy atom. The topological polar surface area (TPSA) is 98.0 Å². The van der Waals surface area contributed by atoms with E-state index < -0.39 is 9.84 Å². The summed E-state index contributed by atoms with van der Waals surface area (Å²) in [5, 5.41) is 9.96. The molecule has 4 rings (SSSR count). The molecule has 1 atom stereocenters. The van der Waals surface area contributed by atoms with Crippen LogP contribution in [0.2, 0.25) is 0 Å². The number of sulfone groups is 1. The number of carbonyl (C=O) groups excluding carboxylic acids is 1. The normalized spacial score (nSPS) is 18.7. The van der Waals surface area contributed by atoms with Crippen LogP contribution in [0.1, 0.15) is 13.3 Å². The van der Waals surface area contributed by atoms with Crippen LogP contribution in [-0.4, -0.2) is 69.3 Å². The number of hydrogen-bond donors (Lipinski definition) is 0. The number of hydrogen-bond acceptors (Lipinski definition) is 7. The second-order valence-electron chi connectivity index (χ2n) is 6.88. The molecule has 1 fully saturated rings. The highest BCUT2D eigenvalue weighted by atomic mass is 32.2. The summed E-state index contributed by atoms with van der Waals surface area (Å²) in [6.45, 7) is 2.81. The van der Waals surface area contributed by atoms with E-state index >= 15 is 0 Å². The van der Waals surface area contributed by atoms with Crippen molar-refractivity contribution in [1.29, 1.82) is 0 Å². The number of para-hydroxylation sites is 1. The van der Waals surface area contributed by atoms with Gasteiger partial charge in [0.15, 0.2) is 15.5 Å². The van der Waals surface area contributed by atoms with Crippen molar-refractivity contribution in [3.63, 3.8) is 0 Å². The molecule has 10 heteroatoms. The summed E-state index contributed by atoms with van der Waals surface area (Å²) in [7, 11) is -1.37. The average molecular weight is 420 g/mol. The Morgan fingerprint density at radius 3 is 2.82 bits per heavy atom. The molecule has 1 aliphatic rings. The minimum absolute atomic E-state index is 0.0422. The molecule has 8 nitrogen and oxygen atoms in total. The third-order valence-corrected chi connectivity index (χ3v) is 7.72. The lowest BCUT2D eigenvalue weighted by atomic mass is 10.2. The smallest absolute Gasteiger partial charge is 0.233 e.